The minimum Gasteiger partial charge on any atom is -0.496 e. The monoisotopic (exact) mass is 406 g/mol. The summed E-state index contributed by atoms with van der Waals surface area (Å²) < 4.78 is 5.73. The Morgan fingerprint density at radius 3 is 2.60 bits per heavy atom. The fraction of sp³-hybridized carbons (Fsp3) is 0.286. The van der Waals surface area contributed by atoms with E-state index in [-0.39, 0.29) is 17.6 Å². The van der Waals surface area contributed by atoms with E-state index in [0.717, 1.165) is 5.56 Å². The molecular weight excluding hydrogens is 380 g/mol. The lowest BCUT2D eigenvalue weighted by Gasteiger charge is -2.23. The number of benzene rings is 1. The number of ether oxygens (including phenoxy) is 1. The summed E-state index contributed by atoms with van der Waals surface area (Å²) >= 11 is 0. The van der Waals surface area contributed by atoms with Gasteiger partial charge in [0.2, 0.25) is 0 Å². The number of nitrogen functional groups attached to an aromatic ring is 1. The van der Waals surface area contributed by atoms with Gasteiger partial charge in [-0.3, -0.25) is 0 Å². The summed E-state index contributed by atoms with van der Waals surface area (Å²) in [7, 11) is 3.29. The fourth-order valence-electron chi connectivity index (χ4n) is 3.29. The molecule has 1 aromatic carbocycles. The van der Waals surface area contributed by atoms with Gasteiger partial charge in [-0.05, 0) is 32.4 Å². The first-order valence-corrected chi connectivity index (χ1v) is 9.23. The van der Waals surface area contributed by atoms with Crippen LogP contribution in [0.15, 0.2) is 18.6 Å². The number of aromatic nitrogens is 2. The third-order valence-corrected chi connectivity index (χ3v) is 4.71. The van der Waals surface area contributed by atoms with E-state index < -0.39 is 0 Å². The molecule has 0 aliphatic rings. The average molecular weight is 406 g/mol. The highest BCUT2D eigenvalue weighted by molar-refractivity contribution is 6.10. The molecule has 1 unspecified atom stereocenters. The fourth-order valence-corrected chi connectivity index (χ4v) is 3.29. The van der Waals surface area contributed by atoms with Crippen molar-refractivity contribution in [2.45, 2.75) is 26.8 Å². The maximum Gasteiger partial charge on any atom is 0.141 e. The van der Waals surface area contributed by atoms with Crippen LogP contribution >= 0.6 is 0 Å². The predicted octanol–water partition coefficient (Wildman–Crippen LogP) is 3.02. The van der Waals surface area contributed by atoms with E-state index in [4.69, 9.17) is 21.3 Å². The smallest absolute Gasteiger partial charge is 0.141 e. The quantitative estimate of drug-likeness (QED) is 0.422. The first-order valence-electron chi connectivity index (χ1n) is 9.23. The molecule has 6 N–H and O–H groups in total. The summed E-state index contributed by atoms with van der Waals surface area (Å²) in [6.45, 7) is 5.33. The van der Waals surface area contributed by atoms with Crippen LogP contribution < -0.4 is 21.1 Å². The van der Waals surface area contributed by atoms with E-state index in [1.54, 1.807) is 33.3 Å². The van der Waals surface area contributed by atoms with Crippen molar-refractivity contribution in [3.05, 3.63) is 46.4 Å². The summed E-state index contributed by atoms with van der Waals surface area (Å²) in [6.07, 6.45) is 4.23. The molecule has 30 heavy (non-hydrogen) atoms. The van der Waals surface area contributed by atoms with Crippen LogP contribution in [0.1, 0.15) is 47.7 Å². The van der Waals surface area contributed by atoms with Gasteiger partial charge in [-0.25, -0.2) is 9.97 Å². The molecule has 1 atom stereocenters. The Balaban J connectivity index is 2.69. The maximum absolute atomic E-state index is 9.67. The second-order valence-corrected chi connectivity index (χ2v) is 6.66. The summed E-state index contributed by atoms with van der Waals surface area (Å²) in [6, 6.07) is 3.63. The van der Waals surface area contributed by atoms with Gasteiger partial charge in [0.05, 0.1) is 30.3 Å². The van der Waals surface area contributed by atoms with Gasteiger partial charge in [0.15, 0.2) is 0 Å². The zero-order chi connectivity index (χ0) is 22.4. The highest BCUT2D eigenvalue weighted by atomic mass is 16.5. The largest absolute Gasteiger partial charge is 0.496 e. The zero-order valence-corrected chi connectivity index (χ0v) is 17.7. The van der Waals surface area contributed by atoms with E-state index in [2.05, 4.69) is 26.7 Å². The number of rotatable bonds is 8. The Morgan fingerprint density at radius 2 is 2.07 bits per heavy atom. The molecule has 2 aromatic rings. The van der Waals surface area contributed by atoms with Gasteiger partial charge in [-0.2, -0.15) is 5.26 Å². The topological polar surface area (TPSA) is 157 Å². The third-order valence-electron chi connectivity index (χ3n) is 4.71. The minimum atomic E-state index is -0.347. The second kappa shape index (κ2) is 9.52. The molecule has 0 aliphatic heterocycles. The molecule has 9 heteroatoms. The number of nitrogens with two attached hydrogens (primary N) is 1. The minimum absolute atomic E-state index is 0.213. The van der Waals surface area contributed by atoms with Crippen molar-refractivity contribution in [2.75, 3.05) is 25.2 Å². The van der Waals surface area contributed by atoms with Crippen LogP contribution in [0.2, 0.25) is 0 Å². The lowest BCUT2D eigenvalue weighted by molar-refractivity contribution is 0.406. The zero-order valence-electron chi connectivity index (χ0n) is 17.7. The summed E-state index contributed by atoms with van der Waals surface area (Å²) in [5.74, 6) is 1.18. The van der Waals surface area contributed by atoms with E-state index >= 15 is 0 Å². The van der Waals surface area contributed by atoms with Crippen LogP contribution in [0.3, 0.4) is 0 Å². The first-order chi connectivity index (χ1) is 14.3. The van der Waals surface area contributed by atoms with Gasteiger partial charge in [-0.15, -0.1) is 0 Å². The molecule has 0 spiro atoms. The molecule has 1 aromatic heterocycles. The van der Waals surface area contributed by atoms with Crippen LogP contribution in [0.25, 0.3) is 5.57 Å². The van der Waals surface area contributed by atoms with Crippen LogP contribution in [-0.2, 0) is 0 Å². The lowest BCUT2D eigenvalue weighted by Crippen LogP contribution is -2.16. The Hall–Kier alpha value is -3.93. The van der Waals surface area contributed by atoms with Crippen molar-refractivity contribution in [3.8, 4) is 11.8 Å². The third kappa shape index (κ3) is 4.22. The number of anilines is 2. The second-order valence-electron chi connectivity index (χ2n) is 6.66. The van der Waals surface area contributed by atoms with Crippen molar-refractivity contribution in [1.29, 1.82) is 16.1 Å². The van der Waals surface area contributed by atoms with E-state index in [9.17, 15) is 5.26 Å². The van der Waals surface area contributed by atoms with E-state index in [1.165, 1.54) is 12.5 Å². The number of methoxy groups -OCH3 is 1. The molecule has 0 bridgehead atoms. The molecule has 0 radical (unpaired) electrons. The van der Waals surface area contributed by atoms with E-state index in [1.807, 2.05) is 13.8 Å². The number of nitrogens with one attached hydrogen (secondary N) is 4. The van der Waals surface area contributed by atoms with Crippen molar-refractivity contribution in [1.82, 2.24) is 15.3 Å². The van der Waals surface area contributed by atoms with Gasteiger partial charge in [0, 0.05) is 41.9 Å². The Kier molecular flexibility index (Phi) is 7.09. The number of nitriles is 1. The van der Waals surface area contributed by atoms with Crippen molar-refractivity contribution in [2.24, 2.45) is 0 Å². The molecule has 0 fully saturated rings. The molecule has 0 amide bonds. The molecule has 0 saturated carbocycles. The summed E-state index contributed by atoms with van der Waals surface area (Å²) in [5, 5.41) is 31.7. The highest BCUT2D eigenvalue weighted by Gasteiger charge is 2.23. The number of hydrogen-bond donors (Lipinski definition) is 5. The normalized spacial score (nSPS) is 11.9. The van der Waals surface area contributed by atoms with Crippen LogP contribution in [0, 0.1) is 29.1 Å². The molecular formula is C21H26N8O. The Labute approximate surface area is 176 Å². The van der Waals surface area contributed by atoms with Gasteiger partial charge >= 0.3 is 0 Å². The lowest BCUT2D eigenvalue weighted by atomic mass is 9.91. The van der Waals surface area contributed by atoms with E-state index in [0.29, 0.717) is 39.4 Å². The van der Waals surface area contributed by atoms with Gasteiger partial charge in [0.1, 0.15) is 23.7 Å². The van der Waals surface area contributed by atoms with Gasteiger partial charge in [0.25, 0.3) is 0 Å². The van der Waals surface area contributed by atoms with Crippen LogP contribution in [0.5, 0.6) is 5.75 Å². The standard InChI is InChI=1S/C21H26N8O/c1-11-14(7-22)6-16(19(30-5)17(11)15(8-23)9-26-4)13(3)29-21-18(12(2)24)20(25)27-10-28-21/h6,8-10,13,23-24,26H,1-5H3,(H3,25,27,28,29)/b15-9+,23-8?,24-12?. The SMILES string of the molecule is CN/C=C(\C=N)c1c(C)c(C#N)cc(C(C)Nc2ncnc(N)c2C(C)=N)c1OC. The van der Waals surface area contributed by atoms with Crippen molar-refractivity contribution >= 4 is 29.1 Å². The maximum atomic E-state index is 9.67. The van der Waals surface area contributed by atoms with Crippen LogP contribution in [-0.4, -0.2) is 36.1 Å². The summed E-state index contributed by atoms with van der Waals surface area (Å²) in [5.41, 5.74) is 9.75. The average Bonchev–Trinajstić information content (AvgIpc) is 2.71. The highest BCUT2D eigenvalue weighted by Crippen LogP contribution is 2.38. The number of allylic oxidation sites excluding steroid dienone is 1. The predicted molar refractivity (Wildman–Crippen MR) is 119 cm³/mol. The Morgan fingerprint density at radius 1 is 1.37 bits per heavy atom. The number of nitrogens with zero attached hydrogens (tertiary/aromatic N) is 3. The van der Waals surface area contributed by atoms with Crippen LogP contribution in [0.4, 0.5) is 11.6 Å². The summed E-state index contributed by atoms with van der Waals surface area (Å²) in [4.78, 5) is 8.20. The van der Waals surface area contributed by atoms with Gasteiger partial charge in [-0.1, -0.05) is 0 Å². The van der Waals surface area contributed by atoms with Gasteiger partial charge < -0.3 is 31.9 Å². The first kappa shape index (κ1) is 22.4. The molecule has 0 aliphatic carbocycles. The molecule has 1 heterocycles. The molecule has 0 saturated heterocycles. The Bertz CT molecular complexity index is 1050. The molecule has 2 rings (SSSR count). The van der Waals surface area contributed by atoms with Crippen molar-refractivity contribution < 1.29 is 4.74 Å². The molecule has 9 nitrogen and oxygen atoms in total. The van der Waals surface area contributed by atoms with Crippen molar-refractivity contribution in [3.63, 3.8) is 0 Å². The number of hydrogen-bond acceptors (Lipinski definition) is 9. The molecule has 156 valence electrons.